The molecule has 0 saturated heterocycles. The van der Waals surface area contributed by atoms with E-state index in [0.29, 0.717) is 5.56 Å². The number of carbonyl (C=O) groups is 1. The van der Waals surface area contributed by atoms with Crippen LogP contribution >= 0.6 is 15.9 Å². The van der Waals surface area contributed by atoms with Crippen LogP contribution in [0, 0.1) is 0 Å². The normalized spacial score (nSPS) is 13.4. The van der Waals surface area contributed by atoms with Crippen molar-refractivity contribution in [3.05, 3.63) is 34.3 Å². The lowest BCUT2D eigenvalue weighted by Crippen LogP contribution is -2.46. The van der Waals surface area contributed by atoms with Crippen molar-refractivity contribution in [3.63, 3.8) is 0 Å². The number of halogens is 4. The van der Waals surface area contributed by atoms with Gasteiger partial charge >= 0.3 is 12.3 Å². The van der Waals surface area contributed by atoms with Gasteiger partial charge in [0.15, 0.2) is 0 Å². The molecule has 0 fully saturated rings. The predicted octanol–water partition coefficient (Wildman–Crippen LogP) is 2.55. The molecule has 0 amide bonds. The average molecular weight is 312 g/mol. The Kier molecular flexibility index (Phi) is 4.53. The lowest BCUT2D eigenvalue weighted by atomic mass is 10.1. The molecule has 1 aromatic carbocycles. The van der Waals surface area contributed by atoms with Crippen LogP contribution < -0.4 is 5.32 Å². The molecule has 1 aromatic rings. The Labute approximate surface area is 104 Å². The Morgan fingerprint density at radius 2 is 1.88 bits per heavy atom. The molecule has 0 saturated carbocycles. The summed E-state index contributed by atoms with van der Waals surface area (Å²) in [4.78, 5) is 10.7. The summed E-state index contributed by atoms with van der Waals surface area (Å²) in [6.45, 7) is 0. The van der Waals surface area contributed by atoms with Crippen molar-refractivity contribution >= 4 is 21.9 Å². The lowest BCUT2D eigenvalue weighted by Gasteiger charge is -2.16. The van der Waals surface area contributed by atoms with Crippen LogP contribution in [0.25, 0.3) is 0 Å². The molecule has 0 aliphatic heterocycles. The van der Waals surface area contributed by atoms with Crippen LogP contribution in [0.4, 0.5) is 13.2 Å². The average Bonchev–Trinajstić information content (AvgIpc) is 2.18. The number of hydrogen-bond acceptors (Lipinski definition) is 2. The molecule has 3 nitrogen and oxygen atoms in total. The minimum Gasteiger partial charge on any atom is -0.480 e. The van der Waals surface area contributed by atoms with Crippen LogP contribution in [0.15, 0.2) is 28.7 Å². The number of alkyl halides is 3. The highest BCUT2D eigenvalue weighted by Crippen LogP contribution is 2.15. The van der Waals surface area contributed by atoms with Crippen molar-refractivity contribution in [2.24, 2.45) is 0 Å². The van der Waals surface area contributed by atoms with E-state index in [4.69, 9.17) is 5.11 Å². The first-order valence-electron chi connectivity index (χ1n) is 4.59. The van der Waals surface area contributed by atoms with Crippen molar-refractivity contribution in [2.45, 2.75) is 18.8 Å². The summed E-state index contributed by atoms with van der Waals surface area (Å²) in [6.07, 6.45) is -4.94. The van der Waals surface area contributed by atoms with Gasteiger partial charge in [-0.1, -0.05) is 28.1 Å². The van der Waals surface area contributed by atoms with E-state index in [0.717, 1.165) is 9.79 Å². The number of nitrogens with one attached hydrogen (secondary N) is 1. The van der Waals surface area contributed by atoms with E-state index in [2.05, 4.69) is 15.9 Å². The van der Waals surface area contributed by atoms with E-state index < -0.39 is 18.3 Å². The first-order valence-corrected chi connectivity index (χ1v) is 5.39. The fraction of sp³-hybridized carbons (Fsp3) is 0.300. The van der Waals surface area contributed by atoms with Crippen molar-refractivity contribution in [2.75, 3.05) is 0 Å². The number of benzene rings is 1. The van der Waals surface area contributed by atoms with E-state index in [1.54, 1.807) is 24.3 Å². The van der Waals surface area contributed by atoms with E-state index in [1.807, 2.05) is 0 Å². The molecule has 0 heterocycles. The van der Waals surface area contributed by atoms with Gasteiger partial charge in [-0.25, -0.2) is 5.32 Å². The molecular weight excluding hydrogens is 303 g/mol. The Balaban J connectivity index is 2.73. The fourth-order valence-corrected chi connectivity index (χ4v) is 1.52. The quantitative estimate of drug-likeness (QED) is 0.840. The van der Waals surface area contributed by atoms with Crippen LogP contribution in [0.2, 0.25) is 0 Å². The van der Waals surface area contributed by atoms with E-state index in [-0.39, 0.29) is 6.42 Å². The molecule has 0 radical (unpaired) electrons. The molecule has 2 N–H and O–H groups in total. The highest BCUT2D eigenvalue weighted by atomic mass is 79.9. The van der Waals surface area contributed by atoms with Gasteiger partial charge < -0.3 is 5.11 Å². The summed E-state index contributed by atoms with van der Waals surface area (Å²) in [5.74, 6) is -1.54. The van der Waals surface area contributed by atoms with Gasteiger partial charge in [0.2, 0.25) is 0 Å². The Hall–Kier alpha value is -1.08. The zero-order valence-corrected chi connectivity index (χ0v) is 10.0. The molecular formula is C10H9BrF3NO2. The van der Waals surface area contributed by atoms with E-state index >= 15 is 0 Å². The summed E-state index contributed by atoms with van der Waals surface area (Å²) in [7, 11) is 0. The minimum atomic E-state index is -4.71. The highest BCUT2D eigenvalue weighted by Gasteiger charge is 2.34. The third-order valence-electron chi connectivity index (χ3n) is 1.99. The third-order valence-corrected chi connectivity index (χ3v) is 2.52. The summed E-state index contributed by atoms with van der Waals surface area (Å²) in [5, 5.41) is 9.79. The number of hydrogen-bond donors (Lipinski definition) is 2. The van der Waals surface area contributed by atoms with Crippen molar-refractivity contribution < 1.29 is 23.1 Å². The van der Waals surface area contributed by atoms with Crippen LogP contribution in [0.5, 0.6) is 0 Å². The van der Waals surface area contributed by atoms with E-state index in [9.17, 15) is 18.0 Å². The van der Waals surface area contributed by atoms with Crippen LogP contribution in [-0.4, -0.2) is 23.4 Å². The maximum absolute atomic E-state index is 12.1. The molecule has 0 aliphatic rings. The molecule has 0 aromatic heterocycles. The van der Waals surface area contributed by atoms with Crippen LogP contribution in [-0.2, 0) is 11.2 Å². The molecule has 17 heavy (non-hydrogen) atoms. The van der Waals surface area contributed by atoms with Gasteiger partial charge in [-0.3, -0.25) is 4.79 Å². The summed E-state index contributed by atoms with van der Waals surface area (Å²) in [6, 6.07) is 4.73. The molecule has 94 valence electrons. The summed E-state index contributed by atoms with van der Waals surface area (Å²) < 4.78 is 36.9. The smallest absolute Gasteiger partial charge is 0.457 e. The minimum absolute atomic E-state index is 0.234. The number of carboxylic acid groups (broad SMARTS) is 1. The molecule has 1 atom stereocenters. The maximum Gasteiger partial charge on any atom is 0.457 e. The predicted molar refractivity (Wildman–Crippen MR) is 58.5 cm³/mol. The number of carboxylic acids is 1. The Bertz CT molecular complexity index is 392. The molecule has 7 heteroatoms. The van der Waals surface area contributed by atoms with Gasteiger partial charge in [-0.2, -0.15) is 13.2 Å². The second-order valence-corrected chi connectivity index (χ2v) is 4.28. The number of aliphatic carboxylic acids is 1. The Morgan fingerprint density at radius 1 is 1.35 bits per heavy atom. The molecule has 0 unspecified atom stereocenters. The maximum atomic E-state index is 12.1. The van der Waals surface area contributed by atoms with Crippen molar-refractivity contribution in [1.29, 1.82) is 0 Å². The third kappa shape index (κ3) is 5.18. The molecule has 0 bridgehead atoms. The van der Waals surface area contributed by atoms with Crippen molar-refractivity contribution in [1.82, 2.24) is 5.32 Å². The monoisotopic (exact) mass is 311 g/mol. The van der Waals surface area contributed by atoms with Gasteiger partial charge in [0, 0.05) is 4.47 Å². The zero-order chi connectivity index (χ0) is 13.1. The summed E-state index contributed by atoms with van der Waals surface area (Å²) in [5.41, 5.74) is 0.511. The van der Waals surface area contributed by atoms with Gasteiger partial charge in [-0.05, 0) is 24.1 Å². The topological polar surface area (TPSA) is 49.3 Å². The largest absolute Gasteiger partial charge is 0.480 e. The lowest BCUT2D eigenvalue weighted by molar-refractivity contribution is -0.174. The molecule has 0 aliphatic carbocycles. The second-order valence-electron chi connectivity index (χ2n) is 3.36. The second kappa shape index (κ2) is 5.50. The zero-order valence-electron chi connectivity index (χ0n) is 8.46. The Morgan fingerprint density at radius 3 is 2.29 bits per heavy atom. The van der Waals surface area contributed by atoms with E-state index in [1.165, 1.54) is 0 Å². The molecule has 0 spiro atoms. The van der Waals surface area contributed by atoms with Gasteiger partial charge in [0.1, 0.15) is 6.04 Å². The van der Waals surface area contributed by atoms with Crippen LogP contribution in [0.1, 0.15) is 5.56 Å². The van der Waals surface area contributed by atoms with Crippen molar-refractivity contribution in [3.8, 4) is 0 Å². The van der Waals surface area contributed by atoms with Crippen LogP contribution in [0.3, 0.4) is 0 Å². The highest BCUT2D eigenvalue weighted by molar-refractivity contribution is 9.10. The standard InChI is InChI=1S/C10H9BrF3NO2/c11-7-3-1-6(2-4-7)5-8(9(16)17)15-10(12,13)14/h1-4,8,15H,5H2,(H,16,17)/t8-/m0/s1. The first-order chi connectivity index (χ1) is 7.78. The van der Waals surface area contributed by atoms with Gasteiger partial charge in [0.05, 0.1) is 0 Å². The fourth-order valence-electron chi connectivity index (χ4n) is 1.25. The SMILES string of the molecule is O=C(O)[C@H](Cc1ccc(Br)cc1)NC(F)(F)F. The van der Waals surface area contributed by atoms with Gasteiger partial charge in [-0.15, -0.1) is 0 Å². The summed E-state index contributed by atoms with van der Waals surface area (Å²) >= 11 is 3.18. The molecule has 1 rings (SSSR count). The first kappa shape index (κ1) is 14.0. The van der Waals surface area contributed by atoms with Gasteiger partial charge in [0.25, 0.3) is 0 Å². The number of rotatable bonds is 4.